The molecular formula is C27H29N. The maximum absolute atomic E-state index is 2.48. The van der Waals surface area contributed by atoms with Crippen LogP contribution in [-0.2, 0) is 5.41 Å². The Labute approximate surface area is 169 Å². The molecule has 0 radical (unpaired) electrons. The zero-order valence-electron chi connectivity index (χ0n) is 17.3. The summed E-state index contributed by atoms with van der Waals surface area (Å²) in [4.78, 5) is 2.35. The number of hydrogen-bond donors (Lipinski definition) is 0. The van der Waals surface area contributed by atoms with Crippen LogP contribution < -0.4 is 4.90 Å². The van der Waals surface area contributed by atoms with Crippen molar-refractivity contribution in [2.24, 2.45) is 0 Å². The van der Waals surface area contributed by atoms with Gasteiger partial charge in [-0.25, -0.2) is 0 Å². The van der Waals surface area contributed by atoms with E-state index in [0.29, 0.717) is 0 Å². The third-order valence-corrected chi connectivity index (χ3v) is 6.94. The average molecular weight is 368 g/mol. The molecule has 2 aliphatic carbocycles. The van der Waals surface area contributed by atoms with Crippen molar-refractivity contribution in [3.8, 4) is 11.1 Å². The molecule has 0 heterocycles. The first-order chi connectivity index (χ1) is 13.6. The van der Waals surface area contributed by atoms with Gasteiger partial charge in [0.05, 0.1) is 0 Å². The molecule has 142 valence electrons. The number of aryl methyl sites for hydroxylation is 2. The average Bonchev–Trinajstić information content (AvgIpc) is 2.97. The van der Waals surface area contributed by atoms with Crippen molar-refractivity contribution < 1.29 is 0 Å². The van der Waals surface area contributed by atoms with E-state index >= 15 is 0 Å². The van der Waals surface area contributed by atoms with E-state index in [0.717, 1.165) is 0 Å². The summed E-state index contributed by atoms with van der Waals surface area (Å²) in [6.45, 7) is 4.36. The predicted octanol–water partition coefficient (Wildman–Crippen LogP) is 7.30. The molecule has 0 bridgehead atoms. The largest absolute Gasteiger partial charge is 0.345 e. The molecule has 1 nitrogen and oxygen atoms in total. The monoisotopic (exact) mass is 367 g/mol. The molecule has 1 saturated carbocycles. The molecule has 3 aromatic rings. The van der Waals surface area contributed by atoms with Gasteiger partial charge in [0.25, 0.3) is 0 Å². The van der Waals surface area contributed by atoms with Crippen LogP contribution in [0, 0.1) is 13.8 Å². The topological polar surface area (TPSA) is 3.24 Å². The summed E-state index contributed by atoms with van der Waals surface area (Å²) in [5.74, 6) is 0. The van der Waals surface area contributed by atoms with Crippen molar-refractivity contribution in [1.82, 2.24) is 0 Å². The van der Waals surface area contributed by atoms with Gasteiger partial charge in [-0.2, -0.15) is 0 Å². The van der Waals surface area contributed by atoms with Crippen molar-refractivity contribution in [2.75, 3.05) is 11.9 Å². The minimum atomic E-state index is 0.226. The molecule has 0 unspecified atom stereocenters. The van der Waals surface area contributed by atoms with E-state index in [-0.39, 0.29) is 5.41 Å². The van der Waals surface area contributed by atoms with Gasteiger partial charge < -0.3 is 4.90 Å². The molecule has 1 fully saturated rings. The summed E-state index contributed by atoms with van der Waals surface area (Å²) in [6, 6.07) is 23.1. The molecule has 28 heavy (non-hydrogen) atoms. The van der Waals surface area contributed by atoms with Gasteiger partial charge in [-0.1, -0.05) is 55.7 Å². The highest BCUT2D eigenvalue weighted by Crippen LogP contribution is 2.56. The van der Waals surface area contributed by atoms with Gasteiger partial charge in [0, 0.05) is 23.8 Å². The maximum Gasteiger partial charge on any atom is 0.0413 e. The second kappa shape index (κ2) is 6.51. The van der Waals surface area contributed by atoms with E-state index in [4.69, 9.17) is 0 Å². The second-order valence-corrected chi connectivity index (χ2v) is 8.82. The number of hydrogen-bond acceptors (Lipinski definition) is 1. The van der Waals surface area contributed by atoms with E-state index in [1.165, 1.54) is 65.7 Å². The lowest BCUT2D eigenvalue weighted by molar-refractivity contribution is 0.353. The van der Waals surface area contributed by atoms with Gasteiger partial charge in [0.1, 0.15) is 0 Å². The lowest BCUT2D eigenvalue weighted by atomic mass is 9.68. The van der Waals surface area contributed by atoms with Crippen molar-refractivity contribution in [3.05, 3.63) is 82.9 Å². The Morgan fingerprint density at radius 3 is 2.11 bits per heavy atom. The molecule has 0 atom stereocenters. The van der Waals surface area contributed by atoms with Gasteiger partial charge in [-0.05, 0) is 84.3 Å². The smallest absolute Gasteiger partial charge is 0.0413 e. The van der Waals surface area contributed by atoms with E-state index in [1.54, 1.807) is 11.1 Å². The van der Waals surface area contributed by atoms with Crippen LogP contribution in [0.4, 0.5) is 11.4 Å². The fourth-order valence-corrected chi connectivity index (χ4v) is 5.64. The summed E-state index contributed by atoms with van der Waals surface area (Å²) in [6.07, 6.45) is 6.62. The number of rotatable bonds is 2. The van der Waals surface area contributed by atoms with E-state index in [9.17, 15) is 0 Å². The lowest BCUT2D eigenvalue weighted by Gasteiger charge is -2.36. The molecular weight excluding hydrogens is 338 g/mol. The molecule has 0 saturated heterocycles. The van der Waals surface area contributed by atoms with Crippen LogP contribution in [0.5, 0.6) is 0 Å². The minimum absolute atomic E-state index is 0.226. The Kier molecular flexibility index (Phi) is 4.08. The summed E-state index contributed by atoms with van der Waals surface area (Å²) >= 11 is 0. The van der Waals surface area contributed by atoms with Crippen LogP contribution in [0.3, 0.4) is 0 Å². The maximum atomic E-state index is 2.48. The van der Waals surface area contributed by atoms with Gasteiger partial charge in [0.2, 0.25) is 0 Å². The third kappa shape index (κ3) is 2.60. The van der Waals surface area contributed by atoms with Gasteiger partial charge in [-0.3, -0.25) is 0 Å². The summed E-state index contributed by atoms with van der Waals surface area (Å²) < 4.78 is 0. The van der Waals surface area contributed by atoms with Crippen molar-refractivity contribution >= 4 is 11.4 Å². The lowest BCUT2D eigenvalue weighted by Crippen LogP contribution is -2.28. The first-order valence-corrected chi connectivity index (χ1v) is 10.6. The van der Waals surface area contributed by atoms with Crippen molar-refractivity contribution in [3.63, 3.8) is 0 Å². The highest BCUT2D eigenvalue weighted by molar-refractivity contribution is 5.83. The van der Waals surface area contributed by atoms with Crippen LogP contribution in [0.25, 0.3) is 11.1 Å². The van der Waals surface area contributed by atoms with Crippen LogP contribution in [0.15, 0.2) is 60.7 Å². The molecule has 0 aliphatic heterocycles. The van der Waals surface area contributed by atoms with Gasteiger partial charge in [0.15, 0.2) is 0 Å². The Balaban J connectivity index is 1.64. The summed E-state index contributed by atoms with van der Waals surface area (Å²) in [5, 5.41) is 0. The number of benzene rings is 3. The SMILES string of the molecule is Cc1cc(C)cc(N(C)c2ccc3c(c2)C2(CCCCC2)c2ccccc2-3)c1. The Hall–Kier alpha value is -2.54. The summed E-state index contributed by atoms with van der Waals surface area (Å²) in [5.41, 5.74) is 11.5. The second-order valence-electron chi connectivity index (χ2n) is 8.82. The zero-order valence-corrected chi connectivity index (χ0v) is 17.3. The molecule has 0 N–H and O–H groups in total. The molecule has 2 aliphatic rings. The third-order valence-electron chi connectivity index (χ3n) is 6.94. The first-order valence-electron chi connectivity index (χ1n) is 10.6. The van der Waals surface area contributed by atoms with E-state index in [2.05, 4.69) is 86.5 Å². The first kappa shape index (κ1) is 17.6. The van der Waals surface area contributed by atoms with Crippen LogP contribution in [0.2, 0.25) is 0 Å². The van der Waals surface area contributed by atoms with Crippen LogP contribution in [0.1, 0.15) is 54.4 Å². The molecule has 3 aromatic carbocycles. The molecule has 1 spiro atoms. The Morgan fingerprint density at radius 1 is 0.679 bits per heavy atom. The molecule has 5 rings (SSSR count). The Morgan fingerprint density at radius 2 is 1.36 bits per heavy atom. The summed E-state index contributed by atoms with van der Waals surface area (Å²) in [7, 11) is 2.20. The van der Waals surface area contributed by atoms with Gasteiger partial charge >= 0.3 is 0 Å². The standard InChI is InChI=1S/C27H29N/c1-19-15-20(2)17-22(16-19)28(3)21-11-12-24-23-9-5-6-10-25(23)27(26(24)18-21)13-7-4-8-14-27/h5-6,9-12,15-18H,4,7-8,13-14H2,1-3H3. The minimum Gasteiger partial charge on any atom is -0.345 e. The fourth-order valence-electron chi connectivity index (χ4n) is 5.64. The van der Waals surface area contributed by atoms with Crippen molar-refractivity contribution in [1.29, 1.82) is 0 Å². The zero-order chi connectivity index (χ0) is 19.3. The Bertz CT molecular complexity index is 1020. The molecule has 1 heteroatoms. The van der Waals surface area contributed by atoms with E-state index < -0.39 is 0 Å². The van der Waals surface area contributed by atoms with Crippen LogP contribution >= 0.6 is 0 Å². The molecule has 0 aromatic heterocycles. The fraction of sp³-hybridized carbons (Fsp3) is 0.333. The number of fused-ring (bicyclic) bond motifs is 5. The highest BCUT2D eigenvalue weighted by Gasteiger charge is 2.43. The predicted molar refractivity (Wildman–Crippen MR) is 120 cm³/mol. The number of anilines is 2. The number of nitrogens with zero attached hydrogens (tertiary/aromatic N) is 1. The van der Waals surface area contributed by atoms with Crippen LogP contribution in [-0.4, -0.2) is 7.05 Å². The molecule has 0 amide bonds. The normalized spacial score (nSPS) is 16.7. The van der Waals surface area contributed by atoms with Gasteiger partial charge in [-0.15, -0.1) is 0 Å². The highest BCUT2D eigenvalue weighted by atomic mass is 15.1. The van der Waals surface area contributed by atoms with Crippen molar-refractivity contribution in [2.45, 2.75) is 51.4 Å². The van der Waals surface area contributed by atoms with E-state index in [1.807, 2.05) is 0 Å². The quantitative estimate of drug-likeness (QED) is 0.459.